The quantitative estimate of drug-likeness (QED) is 0.452. The second-order valence-corrected chi connectivity index (χ2v) is 3.99. The van der Waals surface area contributed by atoms with Crippen LogP contribution in [0.15, 0.2) is 12.3 Å². The van der Waals surface area contributed by atoms with E-state index < -0.39 is 16.5 Å². The van der Waals surface area contributed by atoms with Gasteiger partial charge in [0.1, 0.15) is 5.56 Å². The largest absolute Gasteiger partial charge is 0.383 e. The Balaban J connectivity index is 3.11. The summed E-state index contributed by atoms with van der Waals surface area (Å²) in [6, 6.07) is 1.29. The predicted octanol–water partition coefficient (Wildman–Crippen LogP) is 1.75. The number of hydrogen-bond acceptors (Lipinski definition) is 5. The van der Waals surface area contributed by atoms with Gasteiger partial charge in [0, 0.05) is 26.4 Å². The Bertz CT molecular complexity index is 481. The molecule has 0 aliphatic heterocycles. The third kappa shape index (κ3) is 3.62. The number of pyridine rings is 1. The molecule has 1 rings (SSSR count). The zero-order valence-corrected chi connectivity index (χ0v) is 11.4. The van der Waals surface area contributed by atoms with E-state index in [-0.39, 0.29) is 10.7 Å². The molecule has 104 valence electrons. The number of methoxy groups -OCH3 is 1. The highest BCUT2D eigenvalue weighted by atomic mass is 35.5. The van der Waals surface area contributed by atoms with Crippen LogP contribution in [0.3, 0.4) is 0 Å². The lowest BCUT2D eigenvalue weighted by atomic mass is 10.2. The number of nitro groups is 1. The Morgan fingerprint density at radius 2 is 2.32 bits per heavy atom. The number of likely N-dealkylation sites (N-methyl/N-ethyl adjacent to an activating group) is 1. The van der Waals surface area contributed by atoms with Crippen molar-refractivity contribution in [1.82, 2.24) is 9.88 Å². The van der Waals surface area contributed by atoms with Gasteiger partial charge in [0.05, 0.1) is 11.5 Å². The molecule has 0 saturated heterocycles. The van der Waals surface area contributed by atoms with Crippen LogP contribution < -0.4 is 0 Å². The van der Waals surface area contributed by atoms with E-state index in [4.69, 9.17) is 16.3 Å². The van der Waals surface area contributed by atoms with Gasteiger partial charge in [-0.25, -0.2) is 4.98 Å². The van der Waals surface area contributed by atoms with Crippen molar-refractivity contribution < 1.29 is 14.5 Å². The highest BCUT2D eigenvalue weighted by Gasteiger charge is 2.27. The number of halogens is 1. The molecule has 0 unspecified atom stereocenters. The average Bonchev–Trinajstić information content (AvgIpc) is 2.38. The number of carbonyl (C=O) groups excluding carboxylic acids is 1. The molecule has 0 aliphatic rings. The lowest BCUT2D eigenvalue weighted by molar-refractivity contribution is -0.385. The highest BCUT2D eigenvalue weighted by molar-refractivity contribution is 6.32. The first-order chi connectivity index (χ1) is 9.02. The molecule has 1 heterocycles. The number of hydrogen-bond donors (Lipinski definition) is 0. The van der Waals surface area contributed by atoms with Gasteiger partial charge in [-0.15, -0.1) is 0 Å². The lowest BCUT2D eigenvalue weighted by Gasteiger charge is -2.20. The number of aromatic nitrogens is 1. The first-order valence-electron chi connectivity index (χ1n) is 5.60. The van der Waals surface area contributed by atoms with Crippen molar-refractivity contribution in [3.8, 4) is 0 Å². The fourth-order valence-corrected chi connectivity index (χ4v) is 1.78. The Morgan fingerprint density at radius 1 is 1.63 bits per heavy atom. The maximum Gasteiger partial charge on any atom is 0.319 e. The van der Waals surface area contributed by atoms with Crippen molar-refractivity contribution >= 4 is 23.2 Å². The van der Waals surface area contributed by atoms with E-state index in [0.717, 1.165) is 0 Å². The molecule has 1 aromatic rings. The van der Waals surface area contributed by atoms with Gasteiger partial charge in [-0.1, -0.05) is 11.6 Å². The van der Waals surface area contributed by atoms with Gasteiger partial charge >= 0.3 is 5.69 Å². The molecule has 1 aromatic heterocycles. The van der Waals surface area contributed by atoms with Crippen molar-refractivity contribution in [2.75, 3.05) is 26.8 Å². The molecule has 0 saturated carbocycles. The second kappa shape index (κ2) is 7.01. The molecule has 1 amide bonds. The number of nitrogens with zero attached hydrogens (tertiary/aromatic N) is 3. The van der Waals surface area contributed by atoms with E-state index >= 15 is 0 Å². The molecule has 0 spiro atoms. The van der Waals surface area contributed by atoms with Crippen molar-refractivity contribution in [2.24, 2.45) is 0 Å². The molecule has 8 heteroatoms. The van der Waals surface area contributed by atoms with Gasteiger partial charge < -0.3 is 9.64 Å². The molecule has 0 atom stereocenters. The molecule has 0 fully saturated rings. The Morgan fingerprint density at radius 3 is 2.84 bits per heavy atom. The van der Waals surface area contributed by atoms with E-state index in [1.807, 2.05) is 0 Å². The van der Waals surface area contributed by atoms with E-state index in [2.05, 4.69) is 4.98 Å². The lowest BCUT2D eigenvalue weighted by Crippen LogP contribution is -2.34. The van der Waals surface area contributed by atoms with Crippen LogP contribution in [0, 0.1) is 10.1 Å². The molecular formula is C11H14ClN3O4. The summed E-state index contributed by atoms with van der Waals surface area (Å²) in [5.74, 6) is -0.462. The summed E-state index contributed by atoms with van der Waals surface area (Å²) >= 11 is 5.67. The number of rotatable bonds is 6. The van der Waals surface area contributed by atoms with E-state index in [1.54, 1.807) is 6.92 Å². The molecule has 19 heavy (non-hydrogen) atoms. The van der Waals surface area contributed by atoms with Crippen LogP contribution in [0.4, 0.5) is 5.69 Å². The molecule has 0 aliphatic carbocycles. The van der Waals surface area contributed by atoms with Crippen molar-refractivity contribution in [2.45, 2.75) is 6.92 Å². The Labute approximate surface area is 115 Å². The molecule has 0 bridgehead atoms. The standard InChI is InChI=1S/C11H14ClN3O4/c1-3-14(6-7-19-2)11(16)8-4-5-13-10(12)9(8)15(17)18/h4-5H,3,6-7H2,1-2H3. The minimum absolute atomic E-state index is 0.0667. The van der Waals surface area contributed by atoms with E-state index in [9.17, 15) is 14.9 Å². The summed E-state index contributed by atoms with van der Waals surface area (Å²) in [6.07, 6.45) is 1.27. The minimum Gasteiger partial charge on any atom is -0.383 e. The smallest absolute Gasteiger partial charge is 0.319 e. The summed E-state index contributed by atoms with van der Waals surface area (Å²) in [5.41, 5.74) is -0.534. The summed E-state index contributed by atoms with van der Waals surface area (Å²) < 4.78 is 4.90. The highest BCUT2D eigenvalue weighted by Crippen LogP contribution is 2.26. The van der Waals surface area contributed by atoms with E-state index in [0.29, 0.717) is 19.7 Å². The fourth-order valence-electron chi connectivity index (χ4n) is 1.55. The van der Waals surface area contributed by atoms with Crippen LogP contribution in [0.25, 0.3) is 0 Å². The van der Waals surface area contributed by atoms with Crippen molar-refractivity contribution in [3.05, 3.63) is 33.1 Å². The van der Waals surface area contributed by atoms with Crippen LogP contribution in [0.5, 0.6) is 0 Å². The number of amides is 1. The van der Waals surface area contributed by atoms with Gasteiger partial charge in [0.15, 0.2) is 0 Å². The minimum atomic E-state index is -0.702. The van der Waals surface area contributed by atoms with E-state index in [1.165, 1.54) is 24.3 Å². The third-order valence-corrected chi connectivity index (χ3v) is 2.80. The number of ether oxygens (including phenoxy) is 1. The van der Waals surface area contributed by atoms with Crippen LogP contribution in [-0.2, 0) is 4.74 Å². The average molecular weight is 288 g/mol. The summed E-state index contributed by atoms with van der Waals surface area (Å²) in [7, 11) is 1.52. The molecule has 7 nitrogen and oxygen atoms in total. The zero-order chi connectivity index (χ0) is 14.4. The summed E-state index contributed by atoms with van der Waals surface area (Å²) in [6.45, 7) is 2.90. The van der Waals surface area contributed by atoms with Gasteiger partial charge in [0.25, 0.3) is 5.91 Å². The predicted molar refractivity (Wildman–Crippen MR) is 69.4 cm³/mol. The molecule has 0 N–H and O–H groups in total. The number of carbonyl (C=O) groups is 1. The molecule has 0 aromatic carbocycles. The maximum absolute atomic E-state index is 12.2. The molecular weight excluding hydrogens is 274 g/mol. The van der Waals surface area contributed by atoms with Gasteiger partial charge in [0.2, 0.25) is 5.15 Å². The topological polar surface area (TPSA) is 85.6 Å². The summed E-state index contributed by atoms with van der Waals surface area (Å²) in [5, 5.41) is 10.7. The van der Waals surface area contributed by atoms with Crippen LogP contribution in [0.2, 0.25) is 5.15 Å². The van der Waals surface area contributed by atoms with Gasteiger partial charge in [-0.2, -0.15) is 0 Å². The third-order valence-electron chi connectivity index (χ3n) is 2.53. The van der Waals surface area contributed by atoms with Crippen LogP contribution in [0.1, 0.15) is 17.3 Å². The first kappa shape index (κ1) is 15.3. The first-order valence-corrected chi connectivity index (χ1v) is 5.97. The summed E-state index contributed by atoms with van der Waals surface area (Å²) in [4.78, 5) is 27.6. The zero-order valence-electron chi connectivity index (χ0n) is 10.6. The van der Waals surface area contributed by atoms with Crippen LogP contribution >= 0.6 is 11.6 Å². The maximum atomic E-state index is 12.2. The Hall–Kier alpha value is -1.73. The fraction of sp³-hybridized carbons (Fsp3) is 0.455. The van der Waals surface area contributed by atoms with Gasteiger partial charge in [-0.05, 0) is 13.0 Å². The second-order valence-electron chi connectivity index (χ2n) is 3.63. The normalized spacial score (nSPS) is 10.3. The van der Waals surface area contributed by atoms with Crippen LogP contribution in [-0.4, -0.2) is 47.5 Å². The van der Waals surface area contributed by atoms with Crippen molar-refractivity contribution in [3.63, 3.8) is 0 Å². The Kier molecular flexibility index (Phi) is 5.65. The van der Waals surface area contributed by atoms with Gasteiger partial charge in [-0.3, -0.25) is 14.9 Å². The monoisotopic (exact) mass is 287 g/mol. The molecule has 0 radical (unpaired) electrons. The SMILES string of the molecule is CCN(CCOC)C(=O)c1ccnc(Cl)c1[N+](=O)[O-]. The van der Waals surface area contributed by atoms with Crippen molar-refractivity contribution in [1.29, 1.82) is 0 Å².